The van der Waals surface area contributed by atoms with Crippen LogP contribution >= 0.6 is 11.6 Å². The molecule has 1 amide bonds. The van der Waals surface area contributed by atoms with E-state index in [-0.39, 0.29) is 5.41 Å². The number of anilines is 1. The van der Waals surface area contributed by atoms with Gasteiger partial charge in [-0.1, -0.05) is 11.6 Å². The van der Waals surface area contributed by atoms with E-state index >= 15 is 0 Å². The first kappa shape index (κ1) is 17.7. The van der Waals surface area contributed by atoms with Crippen LogP contribution in [0.2, 0.25) is 5.02 Å². The molecule has 2 aromatic rings. The summed E-state index contributed by atoms with van der Waals surface area (Å²) in [5, 5.41) is 9.79. The minimum absolute atomic E-state index is 0.246. The van der Waals surface area contributed by atoms with E-state index in [1.54, 1.807) is 0 Å². The van der Waals surface area contributed by atoms with E-state index < -0.39 is 0 Å². The molecule has 1 aromatic heterocycles. The first-order chi connectivity index (χ1) is 14.0. The molecule has 6 rings (SSSR count). The molecule has 152 valence electrons. The highest BCUT2D eigenvalue weighted by molar-refractivity contribution is 6.30. The Hall–Kier alpha value is -2.12. The van der Waals surface area contributed by atoms with E-state index in [0.29, 0.717) is 11.8 Å². The quantitative estimate of drug-likeness (QED) is 0.774. The van der Waals surface area contributed by atoms with Crippen LogP contribution in [0.1, 0.15) is 30.7 Å². The van der Waals surface area contributed by atoms with Crippen molar-refractivity contribution in [1.82, 2.24) is 24.6 Å². The van der Waals surface area contributed by atoms with Gasteiger partial charge in [0.2, 0.25) is 11.9 Å². The lowest BCUT2D eigenvalue weighted by Gasteiger charge is -2.60. The second kappa shape index (κ2) is 6.19. The van der Waals surface area contributed by atoms with E-state index in [1.807, 2.05) is 17.0 Å². The summed E-state index contributed by atoms with van der Waals surface area (Å²) in [6, 6.07) is 6.05. The molecular weight excluding hydrogens is 388 g/mol. The average Bonchev–Trinajstić information content (AvgIpc) is 3.34. The fraction of sp³-hybridized carbons (Fsp3) is 0.571. The van der Waals surface area contributed by atoms with Crippen LogP contribution in [-0.2, 0) is 17.9 Å². The number of hydrogen-bond donors (Lipinski definition) is 0. The lowest BCUT2D eigenvalue weighted by Crippen LogP contribution is -2.73. The minimum atomic E-state index is 0.246. The maximum absolute atomic E-state index is 12.3. The Morgan fingerprint density at radius 2 is 1.97 bits per heavy atom. The van der Waals surface area contributed by atoms with Gasteiger partial charge in [-0.15, -0.1) is 10.2 Å². The summed E-state index contributed by atoms with van der Waals surface area (Å²) in [5.74, 6) is 2.88. The van der Waals surface area contributed by atoms with Gasteiger partial charge in [-0.05, 0) is 49.6 Å². The lowest BCUT2D eigenvalue weighted by molar-refractivity contribution is -0.145. The normalized spacial score (nSPS) is 22.6. The number of carbonyl (C=O) groups is 1. The molecule has 2 saturated heterocycles. The first-order valence-corrected chi connectivity index (χ1v) is 10.8. The summed E-state index contributed by atoms with van der Waals surface area (Å²) < 4.78 is 2.19. The highest BCUT2D eigenvalue weighted by Gasteiger charge is 2.54. The van der Waals surface area contributed by atoms with Gasteiger partial charge in [-0.2, -0.15) is 0 Å². The molecule has 7 nitrogen and oxygen atoms in total. The molecule has 1 aromatic carbocycles. The van der Waals surface area contributed by atoms with Crippen LogP contribution in [0.4, 0.5) is 5.95 Å². The van der Waals surface area contributed by atoms with E-state index in [4.69, 9.17) is 11.6 Å². The average molecular weight is 413 g/mol. The highest BCUT2D eigenvalue weighted by Crippen LogP contribution is 2.44. The van der Waals surface area contributed by atoms with Crippen LogP contribution in [0, 0.1) is 11.3 Å². The summed E-state index contributed by atoms with van der Waals surface area (Å²) in [4.78, 5) is 18.9. The predicted octanol–water partition coefficient (Wildman–Crippen LogP) is 2.31. The monoisotopic (exact) mass is 412 g/mol. The maximum atomic E-state index is 12.3. The molecule has 4 aliphatic rings. The smallest absolute Gasteiger partial charge is 0.231 e. The minimum Gasteiger partial charge on any atom is -0.341 e. The number of fused-ring (bicyclic) bond motifs is 3. The Morgan fingerprint density at radius 1 is 1.17 bits per heavy atom. The molecule has 0 radical (unpaired) electrons. The third-order valence-corrected chi connectivity index (χ3v) is 6.98. The van der Waals surface area contributed by atoms with Crippen molar-refractivity contribution in [1.29, 1.82) is 0 Å². The molecule has 1 saturated carbocycles. The second-order valence-electron chi connectivity index (χ2n) is 9.45. The number of amides is 1. The summed E-state index contributed by atoms with van der Waals surface area (Å²) in [5.41, 5.74) is 2.55. The van der Waals surface area contributed by atoms with Gasteiger partial charge in [-0.25, -0.2) is 0 Å². The number of aromatic nitrogens is 3. The largest absolute Gasteiger partial charge is 0.341 e. The van der Waals surface area contributed by atoms with Gasteiger partial charge >= 0.3 is 0 Å². The molecular formula is C21H25ClN6O. The van der Waals surface area contributed by atoms with E-state index in [0.717, 1.165) is 68.2 Å². The van der Waals surface area contributed by atoms with Crippen LogP contribution in [0.15, 0.2) is 18.2 Å². The van der Waals surface area contributed by atoms with Gasteiger partial charge < -0.3 is 9.80 Å². The Labute approximate surface area is 175 Å². The Kier molecular flexibility index (Phi) is 3.78. The topological polar surface area (TPSA) is 57.5 Å². The molecule has 0 bridgehead atoms. The van der Waals surface area contributed by atoms with E-state index in [2.05, 4.69) is 37.7 Å². The van der Waals surface area contributed by atoms with Gasteiger partial charge in [0.1, 0.15) is 0 Å². The Balaban J connectivity index is 1.21. The van der Waals surface area contributed by atoms with E-state index in [9.17, 15) is 4.79 Å². The molecule has 1 spiro atoms. The number of halogens is 1. The molecule has 8 heteroatoms. The van der Waals surface area contributed by atoms with Crippen LogP contribution in [0.25, 0.3) is 5.69 Å². The van der Waals surface area contributed by atoms with Crippen LogP contribution in [-0.4, -0.2) is 63.7 Å². The van der Waals surface area contributed by atoms with Crippen molar-refractivity contribution in [2.75, 3.05) is 38.1 Å². The second-order valence-corrected chi connectivity index (χ2v) is 9.89. The van der Waals surface area contributed by atoms with Gasteiger partial charge in [0.15, 0.2) is 5.82 Å². The first-order valence-electron chi connectivity index (χ1n) is 10.4. The third-order valence-electron chi connectivity index (χ3n) is 6.75. The van der Waals surface area contributed by atoms with Crippen molar-refractivity contribution in [3.05, 3.63) is 34.6 Å². The summed E-state index contributed by atoms with van der Waals surface area (Å²) >= 11 is 6.26. The predicted molar refractivity (Wildman–Crippen MR) is 110 cm³/mol. The van der Waals surface area contributed by atoms with Gasteiger partial charge in [0.05, 0.1) is 12.2 Å². The number of likely N-dealkylation sites (tertiary alicyclic amines) is 1. The molecule has 1 aliphatic carbocycles. The molecule has 0 atom stereocenters. The zero-order valence-corrected chi connectivity index (χ0v) is 17.4. The van der Waals surface area contributed by atoms with Crippen molar-refractivity contribution < 1.29 is 4.79 Å². The number of carbonyl (C=O) groups excluding carboxylic acids is 1. The van der Waals surface area contributed by atoms with Gasteiger partial charge in [0, 0.05) is 49.6 Å². The molecule has 3 aliphatic heterocycles. The Morgan fingerprint density at radius 3 is 2.72 bits per heavy atom. The van der Waals surface area contributed by atoms with E-state index in [1.165, 1.54) is 18.4 Å². The molecule has 4 heterocycles. The van der Waals surface area contributed by atoms with Crippen LogP contribution in [0.5, 0.6) is 0 Å². The van der Waals surface area contributed by atoms with Crippen molar-refractivity contribution in [3.8, 4) is 5.69 Å². The van der Waals surface area contributed by atoms with Crippen LogP contribution < -0.4 is 4.90 Å². The van der Waals surface area contributed by atoms with Gasteiger partial charge in [0.25, 0.3) is 0 Å². The third kappa shape index (κ3) is 2.94. The Bertz CT molecular complexity index is 985. The summed E-state index contributed by atoms with van der Waals surface area (Å²) in [6.45, 7) is 5.26. The summed E-state index contributed by atoms with van der Waals surface area (Å²) in [7, 11) is 2.09. The van der Waals surface area contributed by atoms with Crippen molar-refractivity contribution in [2.45, 2.75) is 32.4 Å². The zero-order chi connectivity index (χ0) is 19.8. The van der Waals surface area contributed by atoms with Crippen molar-refractivity contribution >= 4 is 23.5 Å². The van der Waals surface area contributed by atoms with Gasteiger partial charge in [-0.3, -0.25) is 14.3 Å². The number of hydrogen-bond acceptors (Lipinski definition) is 5. The number of benzene rings is 1. The van der Waals surface area contributed by atoms with Crippen LogP contribution in [0.3, 0.4) is 0 Å². The lowest BCUT2D eigenvalue weighted by atomic mass is 9.73. The molecule has 3 fully saturated rings. The van der Waals surface area contributed by atoms with Crippen molar-refractivity contribution in [2.24, 2.45) is 11.3 Å². The molecule has 0 unspecified atom stereocenters. The van der Waals surface area contributed by atoms with Crippen molar-refractivity contribution in [3.63, 3.8) is 0 Å². The number of rotatable bonds is 3. The zero-order valence-electron chi connectivity index (χ0n) is 16.6. The fourth-order valence-corrected chi connectivity index (χ4v) is 5.29. The SMILES string of the molecule is CN1Cc2cc(Cl)ccc2-n2c(nnc2N2CC3(CN(C(=O)CC4CC4)C3)C2)C1. The maximum Gasteiger partial charge on any atom is 0.231 e. The molecule has 0 N–H and O–H groups in total. The highest BCUT2D eigenvalue weighted by atomic mass is 35.5. The standard InChI is InChI=1S/C21H25ClN6O/c1-25-8-15-7-16(22)4-5-17(15)28-18(9-25)23-24-20(28)27-12-21(13-27)10-26(11-21)19(29)6-14-2-3-14/h4-5,7,14H,2-3,6,8-13H2,1H3. The number of nitrogens with zero attached hydrogens (tertiary/aromatic N) is 6. The summed E-state index contributed by atoms with van der Waals surface area (Å²) in [6.07, 6.45) is 3.22. The fourth-order valence-electron chi connectivity index (χ4n) is 5.09. The molecule has 29 heavy (non-hydrogen) atoms.